The van der Waals surface area contributed by atoms with Gasteiger partial charge in [0.2, 0.25) is 5.89 Å². The molecule has 0 saturated heterocycles. The Hall–Kier alpha value is -7.49. The summed E-state index contributed by atoms with van der Waals surface area (Å²) in [5.74, 6) is 0.614. The first-order chi connectivity index (χ1) is 27.8. The lowest BCUT2D eigenvalue weighted by Gasteiger charge is -2.15. The van der Waals surface area contributed by atoms with Crippen LogP contribution in [0.3, 0.4) is 0 Å². The highest BCUT2D eigenvalue weighted by molar-refractivity contribution is 6.09. The minimum absolute atomic E-state index is 0.614. The third-order valence-electron chi connectivity index (χ3n) is 11.1. The van der Waals surface area contributed by atoms with E-state index < -0.39 is 0 Å². The Balaban J connectivity index is 0.928. The first kappa shape index (κ1) is 32.0. The normalized spacial score (nSPS) is 11.6. The summed E-state index contributed by atoms with van der Waals surface area (Å²) in [6.07, 6.45) is 0. The zero-order valence-electron chi connectivity index (χ0n) is 30.4. The van der Waals surface area contributed by atoms with Crippen LogP contribution in [-0.4, -0.2) is 9.55 Å². The van der Waals surface area contributed by atoms with Crippen LogP contribution in [0.25, 0.3) is 105 Å². The van der Waals surface area contributed by atoms with Crippen molar-refractivity contribution in [1.29, 1.82) is 0 Å². The van der Waals surface area contributed by atoms with Gasteiger partial charge >= 0.3 is 0 Å². The molecule has 262 valence electrons. The SMILES string of the molecule is c1ccc(-c2ccccc2-c2ccc(-n3c4ccccc4c4ccccc43)cc2)c(-c2ccc(-c3nc4cccc(-c5ccc6ccccc6c5)c4o3)cc2)c1. The van der Waals surface area contributed by atoms with Crippen molar-refractivity contribution >= 4 is 43.7 Å². The van der Waals surface area contributed by atoms with Gasteiger partial charge < -0.3 is 8.98 Å². The first-order valence-corrected chi connectivity index (χ1v) is 19.0. The number of benzene rings is 9. The lowest BCUT2D eigenvalue weighted by Crippen LogP contribution is -1.94. The Labute approximate surface area is 324 Å². The molecule has 0 amide bonds. The molecule has 0 atom stereocenters. The van der Waals surface area contributed by atoms with Crippen molar-refractivity contribution in [3.8, 4) is 61.6 Å². The van der Waals surface area contributed by atoms with E-state index in [1.165, 1.54) is 60.4 Å². The fourth-order valence-electron chi connectivity index (χ4n) is 8.38. The Morgan fingerprint density at radius 1 is 0.357 bits per heavy atom. The molecule has 0 aliphatic carbocycles. The molecule has 56 heavy (non-hydrogen) atoms. The van der Waals surface area contributed by atoms with Gasteiger partial charge in [-0.25, -0.2) is 4.98 Å². The van der Waals surface area contributed by atoms with E-state index in [9.17, 15) is 0 Å². The molecule has 0 bridgehead atoms. The highest BCUT2D eigenvalue weighted by atomic mass is 16.3. The number of oxazole rings is 1. The number of nitrogens with zero attached hydrogens (tertiary/aromatic N) is 2. The number of para-hydroxylation sites is 3. The lowest BCUT2D eigenvalue weighted by molar-refractivity contribution is 0.621. The summed E-state index contributed by atoms with van der Waals surface area (Å²) >= 11 is 0. The van der Waals surface area contributed by atoms with Gasteiger partial charge in [-0.1, -0.05) is 158 Å². The summed E-state index contributed by atoms with van der Waals surface area (Å²) in [5, 5.41) is 4.95. The summed E-state index contributed by atoms with van der Waals surface area (Å²) in [6.45, 7) is 0. The van der Waals surface area contributed by atoms with Crippen LogP contribution in [0.5, 0.6) is 0 Å². The number of hydrogen-bond donors (Lipinski definition) is 0. The Kier molecular flexibility index (Phi) is 7.49. The van der Waals surface area contributed by atoms with Gasteiger partial charge in [0.1, 0.15) is 5.52 Å². The number of hydrogen-bond acceptors (Lipinski definition) is 2. The van der Waals surface area contributed by atoms with Crippen molar-refractivity contribution in [2.75, 3.05) is 0 Å². The maximum Gasteiger partial charge on any atom is 0.227 e. The fraction of sp³-hybridized carbons (Fsp3) is 0. The van der Waals surface area contributed by atoms with Gasteiger partial charge in [-0.3, -0.25) is 0 Å². The van der Waals surface area contributed by atoms with Gasteiger partial charge in [0.25, 0.3) is 0 Å². The molecule has 3 nitrogen and oxygen atoms in total. The van der Waals surface area contributed by atoms with Crippen molar-refractivity contribution in [2.24, 2.45) is 0 Å². The van der Waals surface area contributed by atoms with Crippen LogP contribution < -0.4 is 0 Å². The molecule has 0 saturated carbocycles. The summed E-state index contributed by atoms with van der Waals surface area (Å²) in [4.78, 5) is 4.93. The van der Waals surface area contributed by atoms with E-state index >= 15 is 0 Å². The molecule has 2 aromatic heterocycles. The largest absolute Gasteiger partial charge is 0.435 e. The topological polar surface area (TPSA) is 31.0 Å². The molecule has 0 spiro atoms. The van der Waals surface area contributed by atoms with Gasteiger partial charge in [-0.05, 0) is 98.2 Å². The maximum absolute atomic E-state index is 6.52. The molecule has 0 radical (unpaired) electrons. The van der Waals surface area contributed by atoms with Crippen molar-refractivity contribution in [2.45, 2.75) is 0 Å². The van der Waals surface area contributed by atoms with E-state index in [0.29, 0.717) is 5.89 Å². The average molecular weight is 715 g/mol. The van der Waals surface area contributed by atoms with Crippen molar-refractivity contribution in [3.63, 3.8) is 0 Å². The minimum atomic E-state index is 0.614. The molecular formula is C53H34N2O. The summed E-state index contributed by atoms with van der Waals surface area (Å²) in [7, 11) is 0. The molecule has 9 aromatic carbocycles. The average Bonchev–Trinajstić information content (AvgIpc) is 3.86. The van der Waals surface area contributed by atoms with E-state index in [0.717, 1.165) is 39.0 Å². The Bertz CT molecular complexity index is 3190. The van der Waals surface area contributed by atoms with Crippen LogP contribution in [0.15, 0.2) is 211 Å². The monoisotopic (exact) mass is 714 g/mol. The maximum atomic E-state index is 6.52. The van der Waals surface area contributed by atoms with Crippen LogP contribution in [0.2, 0.25) is 0 Å². The van der Waals surface area contributed by atoms with Crippen LogP contribution in [0, 0.1) is 0 Å². The Morgan fingerprint density at radius 3 is 1.52 bits per heavy atom. The third kappa shape index (κ3) is 5.32. The lowest BCUT2D eigenvalue weighted by atomic mass is 9.89. The number of fused-ring (bicyclic) bond motifs is 5. The molecular weight excluding hydrogens is 681 g/mol. The van der Waals surface area contributed by atoms with E-state index in [4.69, 9.17) is 9.40 Å². The molecule has 2 heterocycles. The van der Waals surface area contributed by atoms with Gasteiger partial charge in [0, 0.05) is 27.6 Å². The second-order valence-electron chi connectivity index (χ2n) is 14.3. The molecule has 0 N–H and O–H groups in total. The van der Waals surface area contributed by atoms with Gasteiger partial charge in [0.05, 0.1) is 11.0 Å². The van der Waals surface area contributed by atoms with Crippen molar-refractivity contribution in [1.82, 2.24) is 9.55 Å². The molecule has 0 fully saturated rings. The fourth-order valence-corrected chi connectivity index (χ4v) is 8.38. The molecule has 0 aliphatic rings. The third-order valence-corrected chi connectivity index (χ3v) is 11.1. The summed E-state index contributed by atoms with van der Waals surface area (Å²) in [6, 6.07) is 73.4. The molecule has 11 rings (SSSR count). The van der Waals surface area contributed by atoms with Crippen LogP contribution >= 0.6 is 0 Å². The van der Waals surface area contributed by atoms with Gasteiger partial charge in [-0.15, -0.1) is 0 Å². The van der Waals surface area contributed by atoms with E-state index in [1.807, 2.05) is 6.07 Å². The highest BCUT2D eigenvalue weighted by Crippen LogP contribution is 2.40. The van der Waals surface area contributed by atoms with E-state index in [1.54, 1.807) is 0 Å². The quantitative estimate of drug-likeness (QED) is 0.172. The van der Waals surface area contributed by atoms with Crippen LogP contribution in [0.1, 0.15) is 0 Å². The Morgan fingerprint density at radius 2 is 0.857 bits per heavy atom. The predicted molar refractivity (Wildman–Crippen MR) is 233 cm³/mol. The zero-order chi connectivity index (χ0) is 37.0. The molecule has 3 heteroatoms. The smallest absolute Gasteiger partial charge is 0.227 e. The van der Waals surface area contributed by atoms with Gasteiger partial charge in [-0.2, -0.15) is 0 Å². The van der Waals surface area contributed by atoms with Gasteiger partial charge in [0.15, 0.2) is 5.58 Å². The second-order valence-corrected chi connectivity index (χ2v) is 14.3. The van der Waals surface area contributed by atoms with E-state index in [-0.39, 0.29) is 0 Å². The van der Waals surface area contributed by atoms with Crippen LogP contribution in [-0.2, 0) is 0 Å². The molecule has 0 aliphatic heterocycles. The second kappa shape index (κ2) is 13.1. The minimum Gasteiger partial charge on any atom is -0.435 e. The summed E-state index contributed by atoms with van der Waals surface area (Å²) in [5.41, 5.74) is 15.4. The standard InChI is InChI=1S/C53H34N2O/c1-2-13-39-34-40(29-24-35(39)12-1)44-20-11-21-49-52(44)56-53(54-49)38-27-25-36(26-28-38)42-14-3-5-16-45(42)46-17-6-4-15-43(46)37-30-32-41(33-31-37)55-50-22-9-7-18-47(50)48-19-8-10-23-51(48)55/h1-34H. The zero-order valence-corrected chi connectivity index (χ0v) is 30.4. The van der Waals surface area contributed by atoms with Crippen LogP contribution in [0.4, 0.5) is 0 Å². The first-order valence-electron chi connectivity index (χ1n) is 19.0. The predicted octanol–water partition coefficient (Wildman–Crippen LogP) is 14.4. The summed E-state index contributed by atoms with van der Waals surface area (Å²) < 4.78 is 8.88. The van der Waals surface area contributed by atoms with Crippen molar-refractivity contribution in [3.05, 3.63) is 206 Å². The van der Waals surface area contributed by atoms with E-state index in [2.05, 4.69) is 205 Å². The number of rotatable bonds is 6. The molecule has 0 unspecified atom stereocenters. The van der Waals surface area contributed by atoms with Crippen molar-refractivity contribution < 1.29 is 4.42 Å². The number of aromatic nitrogens is 2. The highest BCUT2D eigenvalue weighted by Gasteiger charge is 2.17. The molecule has 11 aromatic rings.